The first-order valence-electron chi connectivity index (χ1n) is 4.44. The molecule has 0 fully saturated rings. The molecule has 0 nitrogen and oxygen atoms in total. The van der Waals surface area contributed by atoms with Gasteiger partial charge in [-0.3, -0.25) is 0 Å². The van der Waals surface area contributed by atoms with Crippen LogP contribution in [-0.2, 0) is 0 Å². The van der Waals surface area contributed by atoms with Gasteiger partial charge in [-0.05, 0) is 18.3 Å². The van der Waals surface area contributed by atoms with Gasteiger partial charge in [0.15, 0.2) is 0 Å². The number of hydrogen-bond acceptors (Lipinski definition) is 0. The predicted octanol–water partition coefficient (Wildman–Crippen LogP) is 3.70. The first kappa shape index (κ1) is 8.58. The zero-order chi connectivity index (χ0) is 8.48. The van der Waals surface area contributed by atoms with Gasteiger partial charge in [0.25, 0.3) is 0 Å². The van der Waals surface area contributed by atoms with E-state index in [1.54, 1.807) is 5.57 Å². The van der Waals surface area contributed by atoms with E-state index in [2.05, 4.69) is 39.8 Å². The van der Waals surface area contributed by atoms with E-state index in [0.717, 1.165) is 0 Å². The summed E-state index contributed by atoms with van der Waals surface area (Å²) in [5.41, 5.74) is 3.46. The summed E-state index contributed by atoms with van der Waals surface area (Å²) >= 11 is 0. The van der Waals surface area contributed by atoms with Gasteiger partial charge >= 0.3 is 0 Å². The van der Waals surface area contributed by atoms with Gasteiger partial charge in [0.05, 0.1) is 0 Å². The second-order valence-corrected chi connectivity index (χ2v) is 4.26. The minimum absolute atomic E-state index is 0.368. The van der Waals surface area contributed by atoms with Crippen LogP contribution in [0.3, 0.4) is 0 Å². The lowest BCUT2D eigenvalue weighted by Gasteiger charge is -2.19. The highest BCUT2D eigenvalue weighted by atomic mass is 14.2. The van der Waals surface area contributed by atoms with E-state index in [4.69, 9.17) is 0 Å². The summed E-state index contributed by atoms with van der Waals surface area (Å²) in [4.78, 5) is 0. The van der Waals surface area contributed by atoms with Crippen LogP contribution in [0, 0.1) is 5.41 Å². The molecule has 1 aliphatic rings. The molecule has 0 amide bonds. The Morgan fingerprint density at radius 2 is 2.00 bits per heavy atom. The molecular formula is C11H18. The van der Waals surface area contributed by atoms with E-state index < -0.39 is 0 Å². The molecule has 0 aromatic carbocycles. The number of allylic oxidation sites excluding steroid dienone is 4. The largest absolute Gasteiger partial charge is 0.0772 e. The summed E-state index contributed by atoms with van der Waals surface area (Å²) in [6.07, 6.45) is 7.06. The minimum Gasteiger partial charge on any atom is -0.0772 e. The van der Waals surface area contributed by atoms with Crippen molar-refractivity contribution in [2.24, 2.45) is 5.41 Å². The Hall–Kier alpha value is -0.520. The Morgan fingerprint density at radius 1 is 1.36 bits per heavy atom. The molecule has 0 spiro atoms. The Kier molecular flexibility index (Phi) is 2.22. The van der Waals surface area contributed by atoms with Gasteiger partial charge in [0.2, 0.25) is 0 Å². The Labute approximate surface area is 70.0 Å². The highest BCUT2D eigenvalue weighted by molar-refractivity contribution is 5.34. The Bertz CT molecular complexity index is 199. The lowest BCUT2D eigenvalue weighted by Crippen LogP contribution is -2.07. The summed E-state index contributed by atoms with van der Waals surface area (Å²) in [6.45, 7) is 9.07. The van der Waals surface area contributed by atoms with E-state index in [9.17, 15) is 0 Å². The van der Waals surface area contributed by atoms with Crippen LogP contribution in [0.25, 0.3) is 0 Å². The van der Waals surface area contributed by atoms with Crippen molar-refractivity contribution >= 4 is 0 Å². The molecule has 1 rings (SSSR count). The van der Waals surface area contributed by atoms with Gasteiger partial charge in [-0.1, -0.05) is 51.0 Å². The second kappa shape index (κ2) is 2.84. The monoisotopic (exact) mass is 150 g/mol. The Morgan fingerprint density at radius 3 is 2.27 bits per heavy atom. The van der Waals surface area contributed by atoms with Gasteiger partial charge in [0, 0.05) is 0 Å². The van der Waals surface area contributed by atoms with Crippen molar-refractivity contribution in [3.63, 3.8) is 0 Å². The topological polar surface area (TPSA) is 0 Å². The quantitative estimate of drug-likeness (QED) is 0.534. The van der Waals surface area contributed by atoms with E-state index >= 15 is 0 Å². The third-order valence-electron chi connectivity index (χ3n) is 2.32. The molecule has 0 heteroatoms. The average molecular weight is 150 g/mol. The van der Waals surface area contributed by atoms with Gasteiger partial charge in [0.1, 0.15) is 0 Å². The van der Waals surface area contributed by atoms with Crippen molar-refractivity contribution in [3.05, 3.63) is 23.3 Å². The van der Waals surface area contributed by atoms with Crippen LogP contribution < -0.4 is 0 Å². The fourth-order valence-electron chi connectivity index (χ4n) is 1.35. The SMILES string of the molecule is CCC1=CCC(C(C)(C)C)=C1. The molecule has 0 saturated carbocycles. The normalized spacial score (nSPS) is 18.2. The molecule has 0 radical (unpaired) electrons. The summed E-state index contributed by atoms with van der Waals surface area (Å²) in [5.74, 6) is 0. The van der Waals surface area contributed by atoms with Crippen molar-refractivity contribution in [1.29, 1.82) is 0 Å². The third-order valence-corrected chi connectivity index (χ3v) is 2.32. The molecule has 0 saturated heterocycles. The van der Waals surface area contributed by atoms with Crippen LogP contribution in [0.1, 0.15) is 40.5 Å². The van der Waals surface area contributed by atoms with Crippen LogP contribution in [0.15, 0.2) is 23.3 Å². The van der Waals surface area contributed by atoms with Crippen LogP contribution in [0.2, 0.25) is 0 Å². The third kappa shape index (κ3) is 1.95. The Balaban J connectivity index is 2.69. The molecule has 0 aromatic rings. The van der Waals surface area contributed by atoms with Gasteiger partial charge in [-0.15, -0.1) is 0 Å². The minimum atomic E-state index is 0.368. The maximum absolute atomic E-state index is 2.36. The van der Waals surface area contributed by atoms with Crippen LogP contribution in [-0.4, -0.2) is 0 Å². The number of rotatable bonds is 1. The van der Waals surface area contributed by atoms with Crippen LogP contribution in [0.5, 0.6) is 0 Å². The molecule has 62 valence electrons. The maximum Gasteiger partial charge on any atom is -0.0125 e. The van der Waals surface area contributed by atoms with Crippen molar-refractivity contribution in [1.82, 2.24) is 0 Å². The fourth-order valence-corrected chi connectivity index (χ4v) is 1.35. The van der Waals surface area contributed by atoms with E-state index in [1.807, 2.05) is 0 Å². The van der Waals surface area contributed by atoms with E-state index in [-0.39, 0.29) is 0 Å². The molecule has 0 unspecified atom stereocenters. The molecule has 1 aliphatic carbocycles. The smallest absolute Gasteiger partial charge is 0.0125 e. The summed E-state index contributed by atoms with van der Waals surface area (Å²) < 4.78 is 0. The lowest BCUT2D eigenvalue weighted by atomic mass is 9.86. The average Bonchev–Trinajstić information content (AvgIpc) is 2.32. The zero-order valence-electron chi connectivity index (χ0n) is 8.07. The molecular weight excluding hydrogens is 132 g/mol. The highest BCUT2D eigenvalue weighted by Gasteiger charge is 2.18. The van der Waals surface area contributed by atoms with Crippen molar-refractivity contribution in [3.8, 4) is 0 Å². The molecule has 0 aliphatic heterocycles. The van der Waals surface area contributed by atoms with E-state index in [1.165, 1.54) is 18.4 Å². The molecule has 0 bridgehead atoms. The first-order chi connectivity index (χ1) is 5.04. The molecule has 0 aromatic heterocycles. The molecule has 0 atom stereocenters. The van der Waals surface area contributed by atoms with Crippen LogP contribution in [0.4, 0.5) is 0 Å². The lowest BCUT2D eigenvalue weighted by molar-refractivity contribution is 0.496. The summed E-state index contributed by atoms with van der Waals surface area (Å²) in [5, 5.41) is 0. The van der Waals surface area contributed by atoms with Crippen molar-refractivity contribution in [2.45, 2.75) is 40.5 Å². The summed E-state index contributed by atoms with van der Waals surface area (Å²) in [6, 6.07) is 0. The van der Waals surface area contributed by atoms with Gasteiger partial charge in [-0.25, -0.2) is 0 Å². The fraction of sp³-hybridized carbons (Fsp3) is 0.636. The van der Waals surface area contributed by atoms with E-state index in [0.29, 0.717) is 5.41 Å². The molecule has 0 N–H and O–H groups in total. The number of hydrogen-bond donors (Lipinski definition) is 0. The highest BCUT2D eigenvalue weighted by Crippen LogP contribution is 2.33. The molecule has 11 heavy (non-hydrogen) atoms. The van der Waals surface area contributed by atoms with Crippen molar-refractivity contribution in [2.75, 3.05) is 0 Å². The molecule has 0 heterocycles. The van der Waals surface area contributed by atoms with Crippen LogP contribution >= 0.6 is 0 Å². The zero-order valence-corrected chi connectivity index (χ0v) is 8.07. The van der Waals surface area contributed by atoms with Gasteiger partial charge < -0.3 is 0 Å². The standard InChI is InChI=1S/C11H18/c1-5-9-6-7-10(8-9)11(2,3)4/h6,8H,5,7H2,1-4H3. The van der Waals surface area contributed by atoms with Gasteiger partial charge in [-0.2, -0.15) is 0 Å². The summed E-state index contributed by atoms with van der Waals surface area (Å²) in [7, 11) is 0. The maximum atomic E-state index is 2.36. The predicted molar refractivity (Wildman–Crippen MR) is 50.5 cm³/mol. The van der Waals surface area contributed by atoms with Crippen molar-refractivity contribution < 1.29 is 0 Å². The first-order valence-corrected chi connectivity index (χ1v) is 4.44. The second-order valence-electron chi connectivity index (χ2n) is 4.26.